The third-order valence-electron chi connectivity index (χ3n) is 2.95. The summed E-state index contributed by atoms with van der Waals surface area (Å²) < 4.78 is 4.92. The monoisotopic (exact) mass is 251 g/mol. The van der Waals surface area contributed by atoms with Gasteiger partial charge in [0.15, 0.2) is 0 Å². The van der Waals surface area contributed by atoms with Crippen molar-refractivity contribution in [1.29, 1.82) is 0 Å². The van der Waals surface area contributed by atoms with E-state index >= 15 is 0 Å². The minimum Gasteiger partial charge on any atom is -0.507 e. The van der Waals surface area contributed by atoms with Gasteiger partial charge in [-0.05, 0) is 12.1 Å². The summed E-state index contributed by atoms with van der Waals surface area (Å²) >= 11 is 0. The van der Waals surface area contributed by atoms with E-state index in [1.165, 1.54) is 24.1 Å². The van der Waals surface area contributed by atoms with Crippen LogP contribution in [0.3, 0.4) is 0 Å². The Hall–Kier alpha value is -2.24. The summed E-state index contributed by atoms with van der Waals surface area (Å²) in [6, 6.07) is 4.38. The predicted molar refractivity (Wildman–Crippen MR) is 61.7 cm³/mol. The molecule has 0 saturated carbocycles. The Morgan fingerprint density at radius 3 is 2.56 bits per heavy atom. The third kappa shape index (κ3) is 2.09. The Morgan fingerprint density at radius 1 is 1.39 bits per heavy atom. The standard InChI is InChI=1S/C12H13NO5/c1-18-8-2-3-9(10(14)4-8)11(15)13-5-7(6-13)12(16)17/h2-4,7,14H,5-6H2,1H3,(H,16,17). The SMILES string of the molecule is COc1ccc(C(=O)N2CC(C(=O)O)C2)c(O)c1. The van der Waals surface area contributed by atoms with E-state index in [-0.39, 0.29) is 30.3 Å². The molecular formula is C12H13NO5. The first kappa shape index (κ1) is 12.2. The maximum atomic E-state index is 11.9. The lowest BCUT2D eigenvalue weighted by Gasteiger charge is -2.36. The zero-order chi connectivity index (χ0) is 13.3. The second-order valence-corrected chi connectivity index (χ2v) is 4.13. The van der Waals surface area contributed by atoms with Crippen LogP contribution in [0.5, 0.6) is 11.5 Å². The molecule has 1 aromatic rings. The van der Waals surface area contributed by atoms with Crippen LogP contribution in [0.1, 0.15) is 10.4 Å². The molecule has 0 bridgehead atoms. The number of hydrogen-bond acceptors (Lipinski definition) is 4. The fraction of sp³-hybridized carbons (Fsp3) is 0.333. The summed E-state index contributed by atoms with van der Waals surface area (Å²) in [5.74, 6) is -1.49. The maximum Gasteiger partial charge on any atom is 0.310 e. The number of rotatable bonds is 3. The Bertz CT molecular complexity index is 493. The fourth-order valence-corrected chi connectivity index (χ4v) is 1.79. The van der Waals surface area contributed by atoms with Gasteiger partial charge in [-0.15, -0.1) is 0 Å². The van der Waals surface area contributed by atoms with E-state index in [4.69, 9.17) is 9.84 Å². The highest BCUT2D eigenvalue weighted by atomic mass is 16.5. The third-order valence-corrected chi connectivity index (χ3v) is 2.95. The quantitative estimate of drug-likeness (QED) is 0.819. The lowest BCUT2D eigenvalue weighted by atomic mass is 9.99. The number of likely N-dealkylation sites (tertiary alicyclic amines) is 1. The lowest BCUT2D eigenvalue weighted by molar-refractivity contribution is -0.146. The lowest BCUT2D eigenvalue weighted by Crippen LogP contribution is -2.53. The summed E-state index contributed by atoms with van der Waals surface area (Å²) in [6.45, 7) is 0.360. The van der Waals surface area contributed by atoms with Crippen molar-refractivity contribution in [2.45, 2.75) is 0 Å². The number of aromatic hydroxyl groups is 1. The number of benzene rings is 1. The molecule has 1 heterocycles. The molecule has 1 fully saturated rings. The molecule has 0 atom stereocenters. The van der Waals surface area contributed by atoms with E-state index in [9.17, 15) is 14.7 Å². The Morgan fingerprint density at radius 2 is 2.06 bits per heavy atom. The minimum absolute atomic E-state index is 0.152. The maximum absolute atomic E-state index is 11.9. The van der Waals surface area contributed by atoms with Gasteiger partial charge in [-0.2, -0.15) is 0 Å². The zero-order valence-corrected chi connectivity index (χ0v) is 9.79. The molecule has 1 aliphatic heterocycles. The number of phenols is 1. The minimum atomic E-state index is -0.905. The van der Waals surface area contributed by atoms with E-state index in [2.05, 4.69) is 0 Å². The average molecular weight is 251 g/mol. The topological polar surface area (TPSA) is 87.1 Å². The van der Waals surface area contributed by atoms with Crippen molar-refractivity contribution < 1.29 is 24.5 Å². The number of methoxy groups -OCH3 is 1. The molecule has 2 N–H and O–H groups in total. The largest absolute Gasteiger partial charge is 0.507 e. The number of hydrogen-bond donors (Lipinski definition) is 2. The Labute approximate surface area is 103 Å². The molecule has 0 aliphatic carbocycles. The molecule has 0 radical (unpaired) electrons. The molecule has 1 saturated heterocycles. The number of amides is 1. The number of carboxylic acid groups (broad SMARTS) is 1. The van der Waals surface area contributed by atoms with E-state index in [0.29, 0.717) is 5.75 Å². The summed E-state index contributed by atoms with van der Waals surface area (Å²) in [7, 11) is 1.46. The smallest absolute Gasteiger partial charge is 0.310 e. The van der Waals surface area contributed by atoms with Crippen LogP contribution < -0.4 is 4.74 Å². The van der Waals surface area contributed by atoms with Crippen molar-refractivity contribution in [3.63, 3.8) is 0 Å². The highest BCUT2D eigenvalue weighted by Gasteiger charge is 2.36. The second kappa shape index (κ2) is 4.56. The number of carbonyl (C=O) groups excluding carboxylic acids is 1. The van der Waals surface area contributed by atoms with Gasteiger partial charge in [-0.3, -0.25) is 9.59 Å². The molecule has 1 aromatic carbocycles. The van der Waals surface area contributed by atoms with Gasteiger partial charge in [0.05, 0.1) is 18.6 Å². The van der Waals surface area contributed by atoms with Crippen LogP contribution in [0.2, 0.25) is 0 Å². The second-order valence-electron chi connectivity index (χ2n) is 4.13. The molecule has 0 unspecified atom stereocenters. The zero-order valence-electron chi connectivity index (χ0n) is 9.79. The molecule has 18 heavy (non-hydrogen) atoms. The van der Waals surface area contributed by atoms with Crippen LogP contribution in [-0.4, -0.2) is 47.2 Å². The van der Waals surface area contributed by atoms with Crippen molar-refractivity contribution >= 4 is 11.9 Å². The number of nitrogens with zero attached hydrogens (tertiary/aromatic N) is 1. The highest BCUT2D eigenvalue weighted by Crippen LogP contribution is 2.27. The number of aliphatic carboxylic acids is 1. The Balaban J connectivity index is 2.09. The van der Waals surface area contributed by atoms with Crippen molar-refractivity contribution in [2.24, 2.45) is 5.92 Å². The summed E-state index contributed by atoms with van der Waals surface area (Å²) in [5, 5.41) is 18.4. The van der Waals surface area contributed by atoms with Crippen LogP contribution in [0.4, 0.5) is 0 Å². The van der Waals surface area contributed by atoms with Gasteiger partial charge in [-0.1, -0.05) is 0 Å². The van der Waals surface area contributed by atoms with E-state index < -0.39 is 11.9 Å². The van der Waals surface area contributed by atoms with E-state index in [1.807, 2.05) is 0 Å². The van der Waals surface area contributed by atoms with Gasteiger partial charge in [-0.25, -0.2) is 0 Å². The van der Waals surface area contributed by atoms with E-state index in [0.717, 1.165) is 0 Å². The van der Waals surface area contributed by atoms with Gasteiger partial charge in [0.2, 0.25) is 0 Å². The normalized spacial score (nSPS) is 15.1. The number of carbonyl (C=O) groups is 2. The van der Waals surface area contributed by atoms with Gasteiger partial charge in [0, 0.05) is 19.2 Å². The summed E-state index contributed by atoms with van der Waals surface area (Å²) in [4.78, 5) is 24.0. The first-order valence-corrected chi connectivity index (χ1v) is 5.42. The first-order valence-electron chi connectivity index (χ1n) is 5.42. The number of carboxylic acids is 1. The van der Waals surface area contributed by atoms with Crippen LogP contribution in [0.25, 0.3) is 0 Å². The molecule has 0 aromatic heterocycles. The van der Waals surface area contributed by atoms with Gasteiger partial charge >= 0.3 is 5.97 Å². The summed E-state index contributed by atoms with van der Waals surface area (Å²) in [5.41, 5.74) is 0.152. The van der Waals surface area contributed by atoms with Crippen LogP contribution >= 0.6 is 0 Å². The highest BCUT2D eigenvalue weighted by molar-refractivity contribution is 5.98. The molecule has 0 spiro atoms. The fourth-order valence-electron chi connectivity index (χ4n) is 1.79. The molecule has 1 amide bonds. The van der Waals surface area contributed by atoms with Crippen molar-refractivity contribution in [2.75, 3.05) is 20.2 Å². The molecule has 6 nitrogen and oxygen atoms in total. The van der Waals surface area contributed by atoms with Gasteiger partial charge in [0.1, 0.15) is 11.5 Å². The van der Waals surface area contributed by atoms with Gasteiger partial charge < -0.3 is 19.8 Å². The Kier molecular flexibility index (Phi) is 3.10. The van der Waals surface area contributed by atoms with E-state index in [1.54, 1.807) is 6.07 Å². The van der Waals surface area contributed by atoms with Crippen molar-refractivity contribution in [1.82, 2.24) is 4.90 Å². The molecule has 96 valence electrons. The molecule has 6 heteroatoms. The first-order chi connectivity index (χ1) is 8.52. The number of phenolic OH excluding ortho intramolecular Hbond substituents is 1. The molecular weight excluding hydrogens is 238 g/mol. The van der Waals surface area contributed by atoms with Gasteiger partial charge in [0.25, 0.3) is 5.91 Å². The van der Waals surface area contributed by atoms with Crippen LogP contribution in [0.15, 0.2) is 18.2 Å². The number of ether oxygens (including phenoxy) is 1. The van der Waals surface area contributed by atoms with Crippen LogP contribution in [-0.2, 0) is 4.79 Å². The average Bonchev–Trinajstić information content (AvgIpc) is 2.25. The summed E-state index contributed by atoms with van der Waals surface area (Å²) in [6.07, 6.45) is 0. The van der Waals surface area contributed by atoms with Crippen molar-refractivity contribution in [3.05, 3.63) is 23.8 Å². The van der Waals surface area contributed by atoms with Crippen LogP contribution in [0, 0.1) is 5.92 Å². The molecule has 2 rings (SSSR count). The van der Waals surface area contributed by atoms with Crippen molar-refractivity contribution in [3.8, 4) is 11.5 Å². The molecule has 1 aliphatic rings. The predicted octanol–water partition coefficient (Wildman–Crippen LogP) is 0.557.